The van der Waals surface area contributed by atoms with E-state index in [-0.39, 0.29) is 5.91 Å². The number of carbonyl (C=O) groups excluding carboxylic acids is 1. The molecule has 2 aromatic carbocycles. The Morgan fingerprint density at radius 3 is 2.52 bits per heavy atom. The molecule has 3 aromatic rings. The number of imidazole rings is 1. The van der Waals surface area contributed by atoms with E-state index in [2.05, 4.69) is 22.2 Å². The molecule has 3 rings (SSSR count). The Labute approximate surface area is 169 Å². The molecule has 0 bridgehead atoms. The van der Waals surface area contributed by atoms with Gasteiger partial charge in [0.15, 0.2) is 0 Å². The van der Waals surface area contributed by atoms with Gasteiger partial charge in [-0.25, -0.2) is 4.98 Å². The number of nitrogens with one attached hydrogen (secondary N) is 2. The lowest BCUT2D eigenvalue weighted by Gasteiger charge is -2.15. The van der Waals surface area contributed by atoms with E-state index >= 15 is 0 Å². The van der Waals surface area contributed by atoms with Crippen molar-refractivity contribution < 1.29 is 18.0 Å². The molecule has 2 N–H and O–H groups in total. The Balaban J connectivity index is 1.99. The van der Waals surface area contributed by atoms with E-state index in [1.807, 2.05) is 7.05 Å². The van der Waals surface area contributed by atoms with Crippen LogP contribution in [0.4, 0.5) is 30.2 Å². The van der Waals surface area contributed by atoms with Crippen LogP contribution in [0.2, 0.25) is 5.02 Å². The normalized spacial score (nSPS) is 11.2. The number of aromatic nitrogens is 2. The van der Waals surface area contributed by atoms with E-state index in [9.17, 15) is 18.0 Å². The molecule has 0 aliphatic rings. The minimum atomic E-state index is -4.53. The number of amides is 1. The van der Waals surface area contributed by atoms with Crippen molar-refractivity contribution in [1.82, 2.24) is 9.55 Å². The molecular formula is C20H16ClF3N4O. The number of alkyl halides is 3. The van der Waals surface area contributed by atoms with Gasteiger partial charge < -0.3 is 15.2 Å². The number of benzene rings is 2. The third-order valence-corrected chi connectivity index (χ3v) is 4.32. The number of anilines is 3. The molecule has 1 aromatic heterocycles. The molecule has 29 heavy (non-hydrogen) atoms. The summed E-state index contributed by atoms with van der Waals surface area (Å²) in [5, 5.41) is 5.32. The van der Waals surface area contributed by atoms with E-state index in [1.165, 1.54) is 12.1 Å². The second-order valence-corrected chi connectivity index (χ2v) is 6.60. The summed E-state index contributed by atoms with van der Waals surface area (Å²) >= 11 is 5.81. The molecule has 0 saturated heterocycles. The van der Waals surface area contributed by atoms with E-state index in [4.69, 9.17) is 11.6 Å². The Hall–Kier alpha value is -3.26. The highest BCUT2D eigenvalue weighted by molar-refractivity contribution is 6.31. The lowest BCUT2D eigenvalue weighted by molar-refractivity contribution is -0.137. The molecule has 0 saturated carbocycles. The standard InChI is InChI=1S/C20H16ClF3N4O/c1-3-19(29)27-12-5-7-17(14(8-12)18-10-28(2)11-25-18)26-13-4-6-15(16(21)9-13)20(22,23)24/h3-11,26H,1H2,2H3,(H,27,29). The minimum Gasteiger partial charge on any atom is -0.355 e. The van der Waals surface area contributed by atoms with Gasteiger partial charge >= 0.3 is 6.18 Å². The Morgan fingerprint density at radius 2 is 1.93 bits per heavy atom. The molecule has 150 valence electrons. The number of carbonyl (C=O) groups is 1. The average molecular weight is 421 g/mol. The summed E-state index contributed by atoms with van der Waals surface area (Å²) in [4.78, 5) is 15.9. The fourth-order valence-corrected chi connectivity index (χ4v) is 2.95. The zero-order valence-corrected chi connectivity index (χ0v) is 16.0. The number of rotatable bonds is 5. The fourth-order valence-electron chi connectivity index (χ4n) is 2.67. The largest absolute Gasteiger partial charge is 0.417 e. The van der Waals surface area contributed by atoms with Crippen molar-refractivity contribution in [2.24, 2.45) is 7.05 Å². The van der Waals surface area contributed by atoms with Gasteiger partial charge in [0.25, 0.3) is 0 Å². The monoisotopic (exact) mass is 420 g/mol. The topological polar surface area (TPSA) is 59.0 Å². The van der Waals surface area contributed by atoms with Gasteiger partial charge in [0.05, 0.1) is 22.6 Å². The molecule has 9 heteroatoms. The van der Waals surface area contributed by atoms with E-state index in [1.54, 1.807) is 35.3 Å². The first-order chi connectivity index (χ1) is 13.7. The summed E-state index contributed by atoms with van der Waals surface area (Å²) in [5.74, 6) is -0.368. The molecule has 0 unspecified atom stereocenters. The van der Waals surface area contributed by atoms with Gasteiger partial charge in [0, 0.05) is 35.9 Å². The molecule has 0 spiro atoms. The van der Waals surface area contributed by atoms with Crippen LogP contribution in [0.25, 0.3) is 11.3 Å². The van der Waals surface area contributed by atoms with Crippen LogP contribution in [-0.2, 0) is 18.0 Å². The Bertz CT molecular complexity index is 1080. The summed E-state index contributed by atoms with van der Waals surface area (Å²) in [5.41, 5.74) is 1.83. The maximum Gasteiger partial charge on any atom is 0.417 e. The van der Waals surface area contributed by atoms with Crippen molar-refractivity contribution in [3.8, 4) is 11.3 Å². The van der Waals surface area contributed by atoms with Crippen molar-refractivity contribution >= 4 is 34.6 Å². The quantitative estimate of drug-likeness (QED) is 0.526. The molecule has 0 fully saturated rings. The molecule has 5 nitrogen and oxygen atoms in total. The van der Waals surface area contributed by atoms with Crippen LogP contribution in [0.1, 0.15) is 5.56 Å². The number of nitrogens with zero attached hydrogens (tertiary/aromatic N) is 2. The maximum atomic E-state index is 12.9. The smallest absolute Gasteiger partial charge is 0.355 e. The third kappa shape index (κ3) is 4.78. The number of aryl methyl sites for hydroxylation is 1. The van der Waals surface area contributed by atoms with Crippen LogP contribution >= 0.6 is 11.6 Å². The lowest BCUT2D eigenvalue weighted by Crippen LogP contribution is -2.08. The molecule has 0 aliphatic carbocycles. The van der Waals surface area contributed by atoms with Crippen molar-refractivity contribution in [2.75, 3.05) is 10.6 Å². The van der Waals surface area contributed by atoms with Crippen LogP contribution in [0.3, 0.4) is 0 Å². The number of hydrogen-bond donors (Lipinski definition) is 2. The number of halogens is 4. The molecular weight excluding hydrogens is 405 g/mol. The molecule has 0 aliphatic heterocycles. The summed E-state index contributed by atoms with van der Waals surface area (Å²) < 4.78 is 40.5. The first kappa shape index (κ1) is 20.5. The maximum absolute atomic E-state index is 12.9. The Morgan fingerprint density at radius 1 is 1.21 bits per heavy atom. The zero-order chi connectivity index (χ0) is 21.2. The second-order valence-electron chi connectivity index (χ2n) is 6.20. The first-order valence-corrected chi connectivity index (χ1v) is 8.75. The summed E-state index contributed by atoms with van der Waals surface area (Å²) in [6, 6.07) is 8.47. The van der Waals surface area contributed by atoms with Crippen LogP contribution in [0.15, 0.2) is 61.6 Å². The molecule has 0 radical (unpaired) electrons. The Kier molecular flexibility index (Phi) is 5.65. The van der Waals surface area contributed by atoms with Crippen LogP contribution in [0, 0.1) is 0 Å². The van der Waals surface area contributed by atoms with Crippen molar-refractivity contribution in [3.63, 3.8) is 0 Å². The van der Waals surface area contributed by atoms with Gasteiger partial charge in [-0.05, 0) is 42.5 Å². The molecule has 1 amide bonds. The zero-order valence-electron chi connectivity index (χ0n) is 15.2. The lowest BCUT2D eigenvalue weighted by atomic mass is 10.1. The molecule has 1 heterocycles. The van der Waals surface area contributed by atoms with Crippen molar-refractivity contribution in [3.05, 3.63) is 72.2 Å². The summed E-state index contributed by atoms with van der Waals surface area (Å²) in [7, 11) is 1.81. The van der Waals surface area contributed by atoms with Crippen LogP contribution in [-0.4, -0.2) is 15.5 Å². The highest BCUT2D eigenvalue weighted by atomic mass is 35.5. The number of hydrogen-bond acceptors (Lipinski definition) is 3. The van der Waals surface area contributed by atoms with E-state index in [0.29, 0.717) is 28.3 Å². The van der Waals surface area contributed by atoms with Crippen molar-refractivity contribution in [2.45, 2.75) is 6.18 Å². The highest BCUT2D eigenvalue weighted by Gasteiger charge is 2.33. The highest BCUT2D eigenvalue weighted by Crippen LogP contribution is 2.37. The second kappa shape index (κ2) is 8.00. The van der Waals surface area contributed by atoms with Crippen LogP contribution < -0.4 is 10.6 Å². The third-order valence-electron chi connectivity index (χ3n) is 4.01. The fraction of sp³-hybridized carbons (Fsp3) is 0.100. The van der Waals surface area contributed by atoms with Gasteiger partial charge in [0.1, 0.15) is 0 Å². The van der Waals surface area contributed by atoms with E-state index in [0.717, 1.165) is 12.1 Å². The predicted molar refractivity (Wildman–Crippen MR) is 107 cm³/mol. The predicted octanol–water partition coefficient (Wildman–Crippen LogP) is 5.63. The van der Waals surface area contributed by atoms with Gasteiger partial charge in [0.2, 0.25) is 5.91 Å². The average Bonchev–Trinajstić information content (AvgIpc) is 3.08. The van der Waals surface area contributed by atoms with E-state index < -0.39 is 16.8 Å². The summed E-state index contributed by atoms with van der Waals surface area (Å²) in [6.07, 6.45) is 0.0129. The minimum absolute atomic E-state index is 0.368. The molecule has 0 atom stereocenters. The van der Waals surface area contributed by atoms with Crippen molar-refractivity contribution in [1.29, 1.82) is 0 Å². The SMILES string of the molecule is C=CC(=O)Nc1ccc(Nc2ccc(C(F)(F)F)c(Cl)c2)c(-c2cn(C)cn2)c1. The van der Waals surface area contributed by atoms with Gasteiger partial charge in [-0.3, -0.25) is 4.79 Å². The first-order valence-electron chi connectivity index (χ1n) is 8.37. The van der Waals surface area contributed by atoms with Gasteiger partial charge in [-0.1, -0.05) is 18.2 Å². The van der Waals surface area contributed by atoms with Crippen LogP contribution in [0.5, 0.6) is 0 Å². The summed E-state index contributed by atoms with van der Waals surface area (Å²) in [6.45, 7) is 3.41. The van der Waals surface area contributed by atoms with Gasteiger partial charge in [-0.2, -0.15) is 13.2 Å². The van der Waals surface area contributed by atoms with Gasteiger partial charge in [-0.15, -0.1) is 0 Å².